The van der Waals surface area contributed by atoms with Gasteiger partial charge in [-0.25, -0.2) is 4.98 Å². The van der Waals surface area contributed by atoms with E-state index in [0.717, 1.165) is 47.7 Å². The molecule has 1 aliphatic rings. The van der Waals surface area contributed by atoms with Crippen LogP contribution in [0.2, 0.25) is 0 Å². The lowest BCUT2D eigenvalue weighted by atomic mass is 10.1. The number of imidazole rings is 1. The highest BCUT2D eigenvalue weighted by Crippen LogP contribution is 2.34. The number of likely N-dealkylation sites (tertiary alicyclic amines) is 1. The van der Waals surface area contributed by atoms with Crippen LogP contribution in [-0.2, 0) is 11.3 Å². The van der Waals surface area contributed by atoms with E-state index in [0.29, 0.717) is 13.0 Å². The number of amides is 1. The van der Waals surface area contributed by atoms with Gasteiger partial charge in [0.15, 0.2) is 0 Å². The van der Waals surface area contributed by atoms with Crippen LogP contribution in [0.25, 0.3) is 11.0 Å². The van der Waals surface area contributed by atoms with Crippen molar-refractivity contribution >= 4 is 16.9 Å². The van der Waals surface area contributed by atoms with Crippen LogP contribution < -0.4 is 4.74 Å². The maximum atomic E-state index is 12.7. The topological polar surface area (TPSA) is 47.4 Å². The fourth-order valence-corrected chi connectivity index (χ4v) is 4.44. The lowest BCUT2D eigenvalue weighted by molar-refractivity contribution is -0.131. The second-order valence-corrected chi connectivity index (χ2v) is 9.66. The number of para-hydroxylation sites is 2. The first-order chi connectivity index (χ1) is 14.7. The first kappa shape index (κ1) is 21.4. The van der Waals surface area contributed by atoms with Gasteiger partial charge in [-0.15, -0.1) is 0 Å². The highest BCUT2D eigenvalue weighted by molar-refractivity contribution is 5.81. The zero-order valence-electron chi connectivity index (χ0n) is 19.3. The van der Waals surface area contributed by atoms with E-state index in [-0.39, 0.29) is 17.4 Å². The van der Waals surface area contributed by atoms with Crippen molar-refractivity contribution < 1.29 is 9.53 Å². The van der Waals surface area contributed by atoms with Crippen LogP contribution in [0.3, 0.4) is 0 Å². The predicted octanol–water partition coefficient (Wildman–Crippen LogP) is 5.24. The number of aryl methyl sites for hydroxylation is 3. The number of hydrogen-bond donors (Lipinski definition) is 0. The van der Waals surface area contributed by atoms with Crippen LogP contribution in [0.1, 0.15) is 56.5 Å². The molecule has 1 aliphatic heterocycles. The van der Waals surface area contributed by atoms with Gasteiger partial charge in [-0.05, 0) is 70.4 Å². The average Bonchev–Trinajstić information content (AvgIpc) is 3.28. The zero-order valence-corrected chi connectivity index (χ0v) is 19.3. The SMILES string of the molecule is Cc1ccc(C)c(OCCCn2c([C@@H]3CC(=O)N(C(C)(C)C)C3)nc3ccccc32)c1. The number of carbonyl (C=O) groups is 1. The number of ether oxygens (including phenoxy) is 1. The van der Waals surface area contributed by atoms with Gasteiger partial charge < -0.3 is 14.2 Å². The van der Waals surface area contributed by atoms with E-state index in [9.17, 15) is 4.79 Å². The van der Waals surface area contributed by atoms with Crippen LogP contribution in [0.5, 0.6) is 5.75 Å². The number of nitrogens with zero attached hydrogens (tertiary/aromatic N) is 3. The summed E-state index contributed by atoms with van der Waals surface area (Å²) in [6.45, 7) is 12.6. The van der Waals surface area contributed by atoms with Gasteiger partial charge in [-0.3, -0.25) is 4.79 Å². The maximum absolute atomic E-state index is 12.7. The summed E-state index contributed by atoms with van der Waals surface area (Å²) in [5.41, 5.74) is 4.33. The van der Waals surface area contributed by atoms with Gasteiger partial charge in [0.05, 0.1) is 17.6 Å². The lowest BCUT2D eigenvalue weighted by Gasteiger charge is -2.32. The van der Waals surface area contributed by atoms with Crippen molar-refractivity contribution in [1.82, 2.24) is 14.5 Å². The van der Waals surface area contributed by atoms with Crippen molar-refractivity contribution in [3.8, 4) is 5.75 Å². The van der Waals surface area contributed by atoms with Gasteiger partial charge in [0.2, 0.25) is 5.91 Å². The Hall–Kier alpha value is -2.82. The third-order valence-electron chi connectivity index (χ3n) is 6.11. The van der Waals surface area contributed by atoms with Crippen molar-refractivity contribution in [2.75, 3.05) is 13.2 Å². The number of hydrogen-bond acceptors (Lipinski definition) is 3. The monoisotopic (exact) mass is 419 g/mol. The molecule has 1 atom stereocenters. The Bertz CT molecular complexity index is 1090. The molecule has 3 aromatic rings. The molecule has 1 amide bonds. The summed E-state index contributed by atoms with van der Waals surface area (Å²) >= 11 is 0. The third kappa shape index (κ3) is 4.46. The van der Waals surface area contributed by atoms with Crippen molar-refractivity contribution in [2.45, 2.75) is 65.5 Å². The zero-order chi connectivity index (χ0) is 22.2. The minimum atomic E-state index is -0.164. The predicted molar refractivity (Wildman–Crippen MR) is 125 cm³/mol. The van der Waals surface area contributed by atoms with E-state index in [2.05, 4.69) is 75.6 Å². The molecule has 1 aromatic heterocycles. The largest absolute Gasteiger partial charge is 0.493 e. The van der Waals surface area contributed by atoms with Crippen LogP contribution >= 0.6 is 0 Å². The number of rotatable bonds is 6. The van der Waals surface area contributed by atoms with Gasteiger partial charge in [0.1, 0.15) is 11.6 Å². The van der Waals surface area contributed by atoms with Crippen LogP contribution in [0.4, 0.5) is 0 Å². The van der Waals surface area contributed by atoms with E-state index in [1.807, 2.05) is 11.0 Å². The summed E-state index contributed by atoms with van der Waals surface area (Å²) < 4.78 is 8.37. The van der Waals surface area contributed by atoms with E-state index < -0.39 is 0 Å². The number of fused-ring (bicyclic) bond motifs is 1. The molecule has 31 heavy (non-hydrogen) atoms. The van der Waals surface area contributed by atoms with Gasteiger partial charge in [0.25, 0.3) is 0 Å². The molecule has 2 aromatic carbocycles. The quantitative estimate of drug-likeness (QED) is 0.514. The smallest absolute Gasteiger partial charge is 0.223 e. The molecular weight excluding hydrogens is 386 g/mol. The molecule has 4 rings (SSSR count). The van der Waals surface area contributed by atoms with Crippen molar-refractivity contribution in [1.29, 1.82) is 0 Å². The fraction of sp³-hybridized carbons (Fsp3) is 0.462. The molecule has 0 saturated carbocycles. The van der Waals surface area contributed by atoms with Gasteiger partial charge >= 0.3 is 0 Å². The first-order valence-corrected chi connectivity index (χ1v) is 11.2. The van der Waals surface area contributed by atoms with Crippen LogP contribution in [0.15, 0.2) is 42.5 Å². The Morgan fingerprint density at radius 3 is 2.65 bits per heavy atom. The normalized spacial score (nSPS) is 17.0. The first-order valence-electron chi connectivity index (χ1n) is 11.2. The minimum Gasteiger partial charge on any atom is -0.493 e. The molecule has 0 bridgehead atoms. The summed E-state index contributed by atoms with van der Waals surface area (Å²) in [7, 11) is 0. The third-order valence-corrected chi connectivity index (χ3v) is 6.11. The summed E-state index contributed by atoms with van der Waals surface area (Å²) in [5, 5.41) is 0. The molecule has 5 nitrogen and oxygen atoms in total. The highest BCUT2D eigenvalue weighted by Gasteiger charge is 2.38. The molecule has 0 radical (unpaired) electrons. The molecule has 0 spiro atoms. The second kappa shape index (κ2) is 8.37. The minimum absolute atomic E-state index is 0.124. The molecule has 1 saturated heterocycles. The Kier molecular flexibility index (Phi) is 5.78. The lowest BCUT2D eigenvalue weighted by Crippen LogP contribution is -2.42. The summed E-state index contributed by atoms with van der Waals surface area (Å²) in [4.78, 5) is 19.6. The van der Waals surface area contributed by atoms with Gasteiger partial charge in [0, 0.05) is 31.0 Å². The van der Waals surface area contributed by atoms with Crippen molar-refractivity contribution in [2.24, 2.45) is 0 Å². The molecule has 0 aliphatic carbocycles. The summed E-state index contributed by atoms with van der Waals surface area (Å²) in [6.07, 6.45) is 1.41. The molecule has 0 N–H and O–H groups in total. The summed E-state index contributed by atoms with van der Waals surface area (Å²) in [6, 6.07) is 14.6. The average molecular weight is 420 g/mol. The fourth-order valence-electron chi connectivity index (χ4n) is 4.44. The molecule has 0 unspecified atom stereocenters. The Morgan fingerprint density at radius 1 is 1.13 bits per heavy atom. The number of benzene rings is 2. The molecule has 164 valence electrons. The van der Waals surface area contributed by atoms with Crippen LogP contribution in [0, 0.1) is 13.8 Å². The molecule has 2 heterocycles. The molecule has 5 heteroatoms. The van der Waals surface area contributed by atoms with Gasteiger partial charge in [-0.1, -0.05) is 24.3 Å². The standard InChI is InChI=1S/C26H33N3O2/c1-18-11-12-19(2)23(15-18)31-14-8-13-28-22-10-7-6-9-21(22)27-25(28)20-16-24(30)29(17-20)26(3,4)5/h6-7,9-12,15,20H,8,13-14,16-17H2,1-5H3/t20-/m1/s1. The summed E-state index contributed by atoms with van der Waals surface area (Å²) in [5.74, 6) is 2.32. The number of aromatic nitrogens is 2. The molecule has 1 fully saturated rings. The van der Waals surface area contributed by atoms with E-state index in [4.69, 9.17) is 9.72 Å². The van der Waals surface area contributed by atoms with Crippen LogP contribution in [-0.4, -0.2) is 39.0 Å². The Morgan fingerprint density at radius 2 is 1.90 bits per heavy atom. The van der Waals surface area contributed by atoms with Crippen molar-refractivity contribution in [3.05, 3.63) is 59.4 Å². The van der Waals surface area contributed by atoms with E-state index in [1.165, 1.54) is 5.56 Å². The van der Waals surface area contributed by atoms with Crippen molar-refractivity contribution in [3.63, 3.8) is 0 Å². The Labute approximate surface area is 185 Å². The van der Waals surface area contributed by atoms with E-state index >= 15 is 0 Å². The second-order valence-electron chi connectivity index (χ2n) is 9.66. The van der Waals surface area contributed by atoms with E-state index in [1.54, 1.807) is 0 Å². The molecular formula is C26H33N3O2. The maximum Gasteiger partial charge on any atom is 0.223 e. The van der Waals surface area contributed by atoms with Gasteiger partial charge in [-0.2, -0.15) is 0 Å². The Balaban J connectivity index is 1.52. The highest BCUT2D eigenvalue weighted by atomic mass is 16.5. The number of carbonyl (C=O) groups excluding carboxylic acids is 1.